The summed E-state index contributed by atoms with van der Waals surface area (Å²) in [6.07, 6.45) is 0. The van der Waals surface area contributed by atoms with Crippen molar-refractivity contribution in [3.05, 3.63) is 56.5 Å². The summed E-state index contributed by atoms with van der Waals surface area (Å²) < 4.78 is 17.6. The second kappa shape index (κ2) is 11.9. The second-order valence-corrected chi connectivity index (χ2v) is 9.91. The first-order valence-corrected chi connectivity index (χ1v) is 11.5. The van der Waals surface area contributed by atoms with Gasteiger partial charge in [0.25, 0.3) is 0 Å². The molecule has 0 atom stereocenters. The smallest absolute Gasteiger partial charge is 0.316 e. The molecule has 0 aliphatic heterocycles. The number of hydrogen-bond donors (Lipinski definition) is 1. The van der Waals surface area contributed by atoms with E-state index in [1.807, 2.05) is 64.1 Å². The molecule has 0 unspecified atom stereocenters. The molecule has 1 N–H and O–H groups in total. The molecule has 172 valence electrons. The van der Waals surface area contributed by atoms with Gasteiger partial charge in [-0.05, 0) is 45.0 Å². The van der Waals surface area contributed by atoms with E-state index in [1.54, 1.807) is 21.1 Å². The minimum Gasteiger partial charge on any atom is -0.496 e. The highest BCUT2D eigenvalue weighted by atomic mass is 79.9. The van der Waals surface area contributed by atoms with Gasteiger partial charge in [0, 0.05) is 25.5 Å². The first-order chi connectivity index (χ1) is 14.4. The monoisotopic (exact) mass is 558 g/mol. The number of benzene rings is 2. The number of hydrogen-bond acceptors (Lipinski definition) is 5. The Kier molecular flexibility index (Phi) is 10.5. The van der Waals surface area contributed by atoms with Gasteiger partial charge in [0.2, 0.25) is 0 Å². The lowest BCUT2D eigenvalue weighted by atomic mass is 9.84. The van der Waals surface area contributed by atoms with Crippen molar-refractivity contribution in [3.63, 3.8) is 0 Å². The number of rotatable bonds is 7. The van der Waals surface area contributed by atoms with E-state index in [9.17, 15) is 9.90 Å². The third-order valence-electron chi connectivity index (χ3n) is 4.91. The standard InChI is InChI=1S/C13H17BrO3.C11H15BrO2/c1-5-17-12(15)13(2,3)10-7-6-9(14)8-11(10)16-4;1-11(2,7-13)9-5-4-8(12)6-10(9)14-3/h6-8H,5H2,1-4H3;4-6,13H,7H2,1-3H3. The van der Waals surface area contributed by atoms with E-state index >= 15 is 0 Å². The van der Waals surface area contributed by atoms with Gasteiger partial charge >= 0.3 is 5.97 Å². The Bertz CT molecular complexity index is 878. The molecule has 2 rings (SSSR count). The zero-order valence-electron chi connectivity index (χ0n) is 19.2. The predicted molar refractivity (Wildman–Crippen MR) is 131 cm³/mol. The Hall–Kier alpha value is -1.57. The Morgan fingerprint density at radius 3 is 1.77 bits per heavy atom. The van der Waals surface area contributed by atoms with Crippen molar-refractivity contribution < 1.29 is 24.1 Å². The van der Waals surface area contributed by atoms with E-state index in [2.05, 4.69) is 31.9 Å². The molecular weight excluding hydrogens is 528 g/mol. The molecule has 0 radical (unpaired) electrons. The van der Waals surface area contributed by atoms with Gasteiger partial charge in [-0.15, -0.1) is 0 Å². The van der Waals surface area contributed by atoms with Crippen LogP contribution in [-0.2, 0) is 20.4 Å². The van der Waals surface area contributed by atoms with Gasteiger partial charge in [-0.1, -0.05) is 57.8 Å². The number of halogens is 2. The van der Waals surface area contributed by atoms with E-state index in [-0.39, 0.29) is 18.0 Å². The molecule has 31 heavy (non-hydrogen) atoms. The fraction of sp³-hybridized carbons (Fsp3) is 0.458. The maximum atomic E-state index is 11.9. The van der Waals surface area contributed by atoms with Crippen molar-refractivity contribution in [2.45, 2.75) is 45.4 Å². The SMILES string of the molecule is CCOC(=O)C(C)(C)c1ccc(Br)cc1OC.COc1cc(Br)ccc1C(C)(C)CO. The molecule has 2 aromatic carbocycles. The van der Waals surface area contributed by atoms with Crippen LogP contribution in [0, 0.1) is 0 Å². The van der Waals surface area contributed by atoms with E-state index in [4.69, 9.17) is 14.2 Å². The van der Waals surface area contributed by atoms with Gasteiger partial charge in [0.05, 0.1) is 32.8 Å². The lowest BCUT2D eigenvalue weighted by Gasteiger charge is -2.24. The third kappa shape index (κ3) is 7.22. The molecule has 0 aliphatic rings. The number of carbonyl (C=O) groups excluding carboxylic acids is 1. The molecule has 0 aliphatic carbocycles. The van der Waals surface area contributed by atoms with Crippen LogP contribution in [0.2, 0.25) is 0 Å². The molecule has 0 bridgehead atoms. The van der Waals surface area contributed by atoms with Crippen LogP contribution >= 0.6 is 31.9 Å². The summed E-state index contributed by atoms with van der Waals surface area (Å²) in [5.41, 5.74) is 0.848. The first-order valence-electron chi connectivity index (χ1n) is 9.90. The molecule has 0 heterocycles. The minimum absolute atomic E-state index is 0.102. The maximum absolute atomic E-state index is 11.9. The average molecular weight is 560 g/mol. The molecule has 0 aromatic heterocycles. The number of methoxy groups -OCH3 is 2. The highest BCUT2D eigenvalue weighted by Gasteiger charge is 2.34. The van der Waals surface area contributed by atoms with Crippen LogP contribution < -0.4 is 9.47 Å². The fourth-order valence-corrected chi connectivity index (χ4v) is 3.59. The first kappa shape index (κ1) is 27.5. The van der Waals surface area contributed by atoms with Crippen LogP contribution in [0.15, 0.2) is 45.3 Å². The topological polar surface area (TPSA) is 65.0 Å². The van der Waals surface area contributed by atoms with Crippen LogP contribution in [0.1, 0.15) is 45.7 Å². The zero-order valence-corrected chi connectivity index (χ0v) is 22.4. The average Bonchev–Trinajstić information content (AvgIpc) is 2.73. The zero-order chi connectivity index (χ0) is 23.8. The van der Waals surface area contributed by atoms with E-state index < -0.39 is 5.41 Å². The minimum atomic E-state index is -0.720. The Morgan fingerprint density at radius 1 is 0.903 bits per heavy atom. The number of esters is 1. The summed E-state index contributed by atoms with van der Waals surface area (Å²) in [4.78, 5) is 11.9. The van der Waals surface area contributed by atoms with E-state index in [1.165, 1.54) is 0 Å². The van der Waals surface area contributed by atoms with E-state index in [0.29, 0.717) is 12.4 Å². The number of ether oxygens (including phenoxy) is 3. The van der Waals surface area contributed by atoms with Crippen molar-refractivity contribution in [1.29, 1.82) is 0 Å². The molecule has 5 nitrogen and oxygen atoms in total. The van der Waals surface area contributed by atoms with E-state index in [0.717, 1.165) is 25.8 Å². The molecule has 0 saturated carbocycles. The van der Waals surface area contributed by atoms with Gasteiger partial charge in [-0.3, -0.25) is 4.79 Å². The molecule has 0 amide bonds. The quantitative estimate of drug-likeness (QED) is 0.420. The lowest BCUT2D eigenvalue weighted by Crippen LogP contribution is -2.31. The highest BCUT2D eigenvalue weighted by molar-refractivity contribution is 9.10. The van der Waals surface area contributed by atoms with Crippen molar-refractivity contribution in [2.24, 2.45) is 0 Å². The largest absolute Gasteiger partial charge is 0.496 e. The van der Waals surface area contributed by atoms with Crippen molar-refractivity contribution in [1.82, 2.24) is 0 Å². The molecule has 0 fully saturated rings. The van der Waals surface area contributed by atoms with Crippen molar-refractivity contribution >= 4 is 37.8 Å². The maximum Gasteiger partial charge on any atom is 0.316 e. The van der Waals surface area contributed by atoms with Gasteiger partial charge in [-0.2, -0.15) is 0 Å². The predicted octanol–water partition coefficient (Wildman–Crippen LogP) is 6.03. The van der Waals surface area contributed by atoms with Gasteiger partial charge in [0.15, 0.2) is 0 Å². The van der Waals surface area contributed by atoms with Crippen LogP contribution in [0.25, 0.3) is 0 Å². The van der Waals surface area contributed by atoms with Gasteiger partial charge in [0.1, 0.15) is 11.5 Å². The summed E-state index contributed by atoms with van der Waals surface area (Å²) in [6, 6.07) is 11.4. The third-order valence-corrected chi connectivity index (χ3v) is 5.90. The highest BCUT2D eigenvalue weighted by Crippen LogP contribution is 2.35. The van der Waals surface area contributed by atoms with Crippen LogP contribution in [0.5, 0.6) is 11.5 Å². The summed E-state index contributed by atoms with van der Waals surface area (Å²) in [5.74, 6) is 1.23. The second-order valence-electron chi connectivity index (χ2n) is 8.08. The van der Waals surface area contributed by atoms with Gasteiger partial charge in [-0.25, -0.2) is 0 Å². The molecule has 2 aromatic rings. The summed E-state index contributed by atoms with van der Waals surface area (Å²) >= 11 is 6.76. The summed E-state index contributed by atoms with van der Waals surface area (Å²) in [5, 5.41) is 9.27. The molecule has 0 saturated heterocycles. The lowest BCUT2D eigenvalue weighted by molar-refractivity contribution is -0.148. The van der Waals surface area contributed by atoms with Crippen LogP contribution in [-0.4, -0.2) is 38.5 Å². The number of aliphatic hydroxyl groups is 1. The van der Waals surface area contributed by atoms with Crippen molar-refractivity contribution in [3.8, 4) is 11.5 Å². The molecule has 7 heteroatoms. The Morgan fingerprint density at radius 2 is 1.35 bits per heavy atom. The van der Waals surface area contributed by atoms with Crippen LogP contribution in [0.4, 0.5) is 0 Å². The number of aliphatic hydroxyl groups excluding tert-OH is 1. The summed E-state index contributed by atoms with van der Waals surface area (Å²) in [7, 11) is 3.23. The Labute approximate surface area is 202 Å². The molecular formula is C24H32Br2O5. The summed E-state index contributed by atoms with van der Waals surface area (Å²) in [6.45, 7) is 9.91. The fourth-order valence-electron chi connectivity index (χ4n) is 2.91. The molecule has 0 spiro atoms. The Balaban J connectivity index is 0.000000316. The number of carbonyl (C=O) groups is 1. The van der Waals surface area contributed by atoms with Crippen LogP contribution in [0.3, 0.4) is 0 Å². The normalized spacial score (nSPS) is 11.3. The van der Waals surface area contributed by atoms with Crippen molar-refractivity contribution in [2.75, 3.05) is 27.4 Å². The van der Waals surface area contributed by atoms with Gasteiger partial charge < -0.3 is 19.3 Å².